The number of hydrogen-bond acceptors (Lipinski definition) is 3. The highest BCUT2D eigenvalue weighted by molar-refractivity contribution is 6.05. The Bertz CT molecular complexity index is 1300. The number of carbonyl (C=O) groups excluding carboxylic acids is 1. The van der Waals surface area contributed by atoms with Crippen molar-refractivity contribution < 1.29 is 4.79 Å². The van der Waals surface area contributed by atoms with Gasteiger partial charge in [-0.2, -0.15) is 0 Å². The topological polar surface area (TPSA) is 64.0 Å². The van der Waals surface area contributed by atoms with Gasteiger partial charge in [0.15, 0.2) is 0 Å². The number of rotatable bonds is 5. The highest BCUT2D eigenvalue weighted by atomic mass is 16.1. The van der Waals surface area contributed by atoms with Crippen molar-refractivity contribution in [3.8, 4) is 5.69 Å². The maximum absolute atomic E-state index is 13.0. The second-order valence-corrected chi connectivity index (χ2v) is 7.48. The van der Waals surface area contributed by atoms with E-state index in [9.17, 15) is 9.59 Å². The van der Waals surface area contributed by atoms with Crippen LogP contribution in [0.25, 0.3) is 16.6 Å². The van der Waals surface area contributed by atoms with Gasteiger partial charge in [-0.3, -0.25) is 14.2 Å². The molecule has 3 aromatic carbocycles. The summed E-state index contributed by atoms with van der Waals surface area (Å²) >= 11 is 0. The summed E-state index contributed by atoms with van der Waals surface area (Å²) < 4.78 is 1.57. The average molecular weight is 412 g/mol. The standard InChI is InChI=1S/C26H25N3O2/c1-4-18-9-8-10-19(5-2)24(18)28-25(30)20-13-15-21(16-14-20)29-17(3)27-23-12-7-6-11-22(23)26(29)31/h6-16H,4-5H2,1-3H3,(H,28,30). The first-order valence-corrected chi connectivity index (χ1v) is 10.5. The fourth-order valence-corrected chi connectivity index (χ4v) is 3.90. The second-order valence-electron chi connectivity index (χ2n) is 7.48. The molecule has 0 radical (unpaired) electrons. The van der Waals surface area contributed by atoms with Gasteiger partial charge in [0.2, 0.25) is 0 Å². The lowest BCUT2D eigenvalue weighted by atomic mass is 10.0. The number of carbonyl (C=O) groups is 1. The lowest BCUT2D eigenvalue weighted by molar-refractivity contribution is 0.102. The maximum atomic E-state index is 13.0. The summed E-state index contributed by atoms with van der Waals surface area (Å²) in [5.74, 6) is 0.438. The fraction of sp³-hybridized carbons (Fsp3) is 0.192. The molecule has 0 bridgehead atoms. The molecule has 4 rings (SSSR count). The van der Waals surface area contributed by atoms with Crippen molar-refractivity contribution in [3.05, 3.63) is 99.6 Å². The van der Waals surface area contributed by atoms with Crippen LogP contribution in [0.15, 0.2) is 71.5 Å². The predicted molar refractivity (Wildman–Crippen MR) is 125 cm³/mol. The first kappa shape index (κ1) is 20.5. The van der Waals surface area contributed by atoms with Crippen LogP contribution >= 0.6 is 0 Å². The fourth-order valence-electron chi connectivity index (χ4n) is 3.90. The van der Waals surface area contributed by atoms with Crippen LogP contribution in [0.3, 0.4) is 0 Å². The van der Waals surface area contributed by atoms with Crippen molar-refractivity contribution in [2.75, 3.05) is 5.32 Å². The number of anilines is 1. The van der Waals surface area contributed by atoms with E-state index in [0.29, 0.717) is 28.0 Å². The molecule has 0 aliphatic carbocycles. The van der Waals surface area contributed by atoms with Crippen molar-refractivity contribution in [1.29, 1.82) is 0 Å². The number of aromatic nitrogens is 2. The largest absolute Gasteiger partial charge is 0.321 e. The van der Waals surface area contributed by atoms with Gasteiger partial charge in [-0.25, -0.2) is 4.98 Å². The first-order valence-electron chi connectivity index (χ1n) is 10.5. The van der Waals surface area contributed by atoms with Gasteiger partial charge in [0.05, 0.1) is 16.6 Å². The molecule has 156 valence electrons. The van der Waals surface area contributed by atoms with E-state index in [2.05, 4.69) is 24.1 Å². The van der Waals surface area contributed by atoms with Crippen molar-refractivity contribution in [2.24, 2.45) is 0 Å². The molecule has 31 heavy (non-hydrogen) atoms. The molecule has 0 spiro atoms. The number of aryl methyl sites for hydroxylation is 3. The minimum absolute atomic E-state index is 0.121. The van der Waals surface area contributed by atoms with Crippen molar-refractivity contribution in [1.82, 2.24) is 9.55 Å². The molecular formula is C26H25N3O2. The average Bonchev–Trinajstić information content (AvgIpc) is 2.79. The van der Waals surface area contributed by atoms with Crippen LogP contribution in [0.4, 0.5) is 5.69 Å². The van der Waals surface area contributed by atoms with E-state index in [-0.39, 0.29) is 11.5 Å². The second kappa shape index (κ2) is 8.56. The molecule has 1 N–H and O–H groups in total. The summed E-state index contributed by atoms with van der Waals surface area (Å²) in [6.45, 7) is 5.97. The molecule has 5 heteroatoms. The minimum Gasteiger partial charge on any atom is -0.321 e. The van der Waals surface area contributed by atoms with E-state index in [0.717, 1.165) is 29.7 Å². The number of amides is 1. The maximum Gasteiger partial charge on any atom is 0.265 e. The van der Waals surface area contributed by atoms with E-state index in [4.69, 9.17) is 0 Å². The van der Waals surface area contributed by atoms with Gasteiger partial charge in [0, 0.05) is 11.3 Å². The van der Waals surface area contributed by atoms with Crippen LogP contribution in [0.5, 0.6) is 0 Å². The Kier molecular flexibility index (Phi) is 5.67. The highest BCUT2D eigenvalue weighted by Gasteiger charge is 2.13. The molecule has 0 aliphatic rings. The SMILES string of the molecule is CCc1cccc(CC)c1NC(=O)c1ccc(-n2c(C)nc3ccccc3c2=O)cc1. The molecule has 0 atom stereocenters. The van der Waals surface area contributed by atoms with Gasteiger partial charge in [0.25, 0.3) is 11.5 Å². The summed E-state index contributed by atoms with van der Waals surface area (Å²) in [5.41, 5.74) is 4.91. The molecule has 0 unspecified atom stereocenters. The van der Waals surface area contributed by atoms with Gasteiger partial charge in [0.1, 0.15) is 5.82 Å². The van der Waals surface area contributed by atoms with E-state index < -0.39 is 0 Å². The monoisotopic (exact) mass is 411 g/mol. The minimum atomic E-state index is -0.164. The van der Waals surface area contributed by atoms with Crippen LogP contribution in [-0.2, 0) is 12.8 Å². The molecule has 4 aromatic rings. The zero-order chi connectivity index (χ0) is 22.0. The molecule has 1 aromatic heterocycles. The summed E-state index contributed by atoms with van der Waals surface area (Å²) in [5, 5.41) is 3.65. The van der Waals surface area contributed by atoms with Crippen LogP contribution in [-0.4, -0.2) is 15.5 Å². The third-order valence-corrected chi connectivity index (χ3v) is 5.57. The van der Waals surface area contributed by atoms with Gasteiger partial charge < -0.3 is 5.32 Å². The summed E-state index contributed by atoms with van der Waals surface area (Å²) in [7, 11) is 0. The predicted octanol–water partition coefficient (Wildman–Crippen LogP) is 5.07. The smallest absolute Gasteiger partial charge is 0.265 e. The Balaban J connectivity index is 1.66. The molecule has 0 saturated carbocycles. The first-order chi connectivity index (χ1) is 15.0. The zero-order valence-corrected chi connectivity index (χ0v) is 18.0. The number of benzene rings is 3. The van der Waals surface area contributed by atoms with Crippen LogP contribution in [0.1, 0.15) is 41.2 Å². The number of nitrogens with zero attached hydrogens (tertiary/aromatic N) is 2. The van der Waals surface area contributed by atoms with E-state index in [1.165, 1.54) is 0 Å². The van der Waals surface area contributed by atoms with Gasteiger partial charge in [-0.05, 0) is 67.3 Å². The third kappa shape index (κ3) is 3.87. The lowest BCUT2D eigenvalue weighted by Gasteiger charge is -2.15. The van der Waals surface area contributed by atoms with Crippen LogP contribution in [0.2, 0.25) is 0 Å². The van der Waals surface area contributed by atoms with Crippen LogP contribution < -0.4 is 10.9 Å². The molecule has 0 saturated heterocycles. The van der Waals surface area contributed by atoms with Crippen molar-refractivity contribution >= 4 is 22.5 Å². The number of fused-ring (bicyclic) bond motifs is 1. The van der Waals surface area contributed by atoms with Gasteiger partial charge >= 0.3 is 0 Å². The zero-order valence-electron chi connectivity index (χ0n) is 18.0. The quantitative estimate of drug-likeness (QED) is 0.499. The number of nitrogens with one attached hydrogen (secondary N) is 1. The Morgan fingerprint density at radius 3 is 2.19 bits per heavy atom. The van der Waals surface area contributed by atoms with Crippen LogP contribution in [0, 0.1) is 6.92 Å². The van der Waals surface area contributed by atoms with E-state index >= 15 is 0 Å². The Hall–Kier alpha value is -3.73. The Morgan fingerprint density at radius 2 is 1.55 bits per heavy atom. The van der Waals surface area contributed by atoms with E-state index in [1.54, 1.807) is 34.9 Å². The van der Waals surface area contributed by atoms with Gasteiger partial charge in [-0.1, -0.05) is 44.2 Å². The molecule has 0 aliphatic heterocycles. The normalized spacial score (nSPS) is 10.9. The Morgan fingerprint density at radius 1 is 0.903 bits per heavy atom. The molecule has 5 nitrogen and oxygen atoms in total. The highest BCUT2D eigenvalue weighted by Crippen LogP contribution is 2.23. The lowest BCUT2D eigenvalue weighted by Crippen LogP contribution is -2.22. The summed E-state index contributed by atoms with van der Waals surface area (Å²) in [6.07, 6.45) is 1.69. The summed E-state index contributed by atoms with van der Waals surface area (Å²) in [6, 6.07) is 20.5. The number of para-hydroxylation sites is 2. The van der Waals surface area contributed by atoms with Gasteiger partial charge in [-0.15, -0.1) is 0 Å². The number of hydrogen-bond donors (Lipinski definition) is 1. The molecule has 1 amide bonds. The van der Waals surface area contributed by atoms with Crippen molar-refractivity contribution in [2.45, 2.75) is 33.6 Å². The van der Waals surface area contributed by atoms with E-state index in [1.807, 2.05) is 43.3 Å². The third-order valence-electron chi connectivity index (χ3n) is 5.57. The Labute approximate surface area is 181 Å². The molecule has 0 fully saturated rings. The van der Waals surface area contributed by atoms with Crippen molar-refractivity contribution in [3.63, 3.8) is 0 Å². The molecular weight excluding hydrogens is 386 g/mol. The molecule has 1 heterocycles. The summed E-state index contributed by atoms with van der Waals surface area (Å²) in [4.78, 5) is 30.5.